The van der Waals surface area contributed by atoms with Gasteiger partial charge in [0.25, 0.3) is 0 Å². The number of thioether (sulfide) groups is 2. The number of hydrogen-bond acceptors (Lipinski definition) is 3. The highest BCUT2D eigenvalue weighted by molar-refractivity contribution is 8.17. The molecule has 3 heteroatoms. The maximum atomic E-state index is 10.7. The summed E-state index contributed by atoms with van der Waals surface area (Å²) >= 11 is 3.80. The summed E-state index contributed by atoms with van der Waals surface area (Å²) in [6.45, 7) is 0. The van der Waals surface area contributed by atoms with E-state index in [4.69, 9.17) is 0 Å². The van der Waals surface area contributed by atoms with Crippen LogP contribution in [0.3, 0.4) is 0 Å². The Morgan fingerprint density at radius 3 is 2.04 bits per heavy atom. The fraction of sp³-hybridized carbons (Fsp3) is 0.217. The van der Waals surface area contributed by atoms with Crippen LogP contribution >= 0.6 is 23.5 Å². The van der Waals surface area contributed by atoms with E-state index in [1.165, 1.54) is 29.7 Å². The Morgan fingerprint density at radius 1 is 0.846 bits per heavy atom. The van der Waals surface area contributed by atoms with Crippen molar-refractivity contribution in [2.24, 2.45) is 0 Å². The summed E-state index contributed by atoms with van der Waals surface area (Å²) in [5, 5.41) is 10.7. The summed E-state index contributed by atoms with van der Waals surface area (Å²) < 4.78 is 0.575. The molecule has 1 fully saturated rings. The van der Waals surface area contributed by atoms with E-state index in [0.29, 0.717) is 10.3 Å². The molecule has 132 valence electrons. The quantitative estimate of drug-likeness (QED) is 0.511. The highest BCUT2D eigenvalue weighted by Crippen LogP contribution is 2.43. The molecule has 0 bridgehead atoms. The Kier molecular flexibility index (Phi) is 5.57. The molecule has 3 aromatic rings. The van der Waals surface area contributed by atoms with Crippen LogP contribution in [0.25, 0.3) is 0 Å². The zero-order valence-electron chi connectivity index (χ0n) is 14.5. The summed E-state index contributed by atoms with van der Waals surface area (Å²) in [5.74, 6) is 1.76. The van der Waals surface area contributed by atoms with Gasteiger partial charge in [0.05, 0.1) is 9.48 Å². The summed E-state index contributed by atoms with van der Waals surface area (Å²) in [5.41, 5.74) is 3.61. The maximum Gasteiger partial charge on any atom is 0.129 e. The predicted molar refractivity (Wildman–Crippen MR) is 113 cm³/mol. The van der Waals surface area contributed by atoms with E-state index in [1.54, 1.807) is 11.8 Å². The van der Waals surface area contributed by atoms with Crippen LogP contribution in [0.2, 0.25) is 0 Å². The maximum absolute atomic E-state index is 10.7. The molecule has 1 aliphatic rings. The van der Waals surface area contributed by atoms with Crippen LogP contribution in [0.1, 0.15) is 35.4 Å². The number of phenolic OH excluding ortho intramolecular Hbond substituents is 1. The third-order valence-electron chi connectivity index (χ3n) is 4.73. The second-order valence-electron chi connectivity index (χ2n) is 6.54. The smallest absolute Gasteiger partial charge is 0.129 e. The SMILES string of the molecule is Oc1cc(C(c2ccccc2)c2ccccc2)ccc1SC1CCCS1. The Labute approximate surface area is 163 Å². The van der Waals surface area contributed by atoms with Gasteiger partial charge in [0.15, 0.2) is 0 Å². The normalized spacial score (nSPS) is 16.9. The molecule has 0 spiro atoms. The molecule has 0 amide bonds. The molecule has 1 nitrogen and oxygen atoms in total. The lowest BCUT2D eigenvalue weighted by Crippen LogP contribution is -2.03. The summed E-state index contributed by atoms with van der Waals surface area (Å²) in [4.78, 5) is 0.994. The van der Waals surface area contributed by atoms with Crippen molar-refractivity contribution in [2.45, 2.75) is 28.2 Å². The lowest BCUT2D eigenvalue weighted by molar-refractivity contribution is 0.461. The molecule has 1 atom stereocenters. The van der Waals surface area contributed by atoms with Gasteiger partial charge in [0, 0.05) is 5.92 Å². The minimum absolute atomic E-state index is 0.128. The Hall–Kier alpha value is -1.84. The molecule has 0 aromatic heterocycles. The standard InChI is InChI=1S/C23H22OS2/c24-20-16-19(13-14-21(20)26-22-12-7-15-25-22)23(17-8-3-1-4-9-17)18-10-5-2-6-11-18/h1-6,8-11,13-14,16,22-24H,7,12,15H2. The van der Waals surface area contributed by atoms with Crippen LogP contribution in [0.4, 0.5) is 0 Å². The lowest BCUT2D eigenvalue weighted by atomic mass is 9.85. The van der Waals surface area contributed by atoms with Crippen molar-refractivity contribution in [3.8, 4) is 5.75 Å². The van der Waals surface area contributed by atoms with E-state index < -0.39 is 0 Å². The average molecular weight is 379 g/mol. The van der Waals surface area contributed by atoms with Gasteiger partial charge in [-0.15, -0.1) is 23.5 Å². The van der Waals surface area contributed by atoms with Crippen molar-refractivity contribution in [3.05, 3.63) is 95.6 Å². The minimum Gasteiger partial charge on any atom is -0.507 e. The second-order valence-corrected chi connectivity index (χ2v) is 9.40. The number of phenols is 1. The Bertz CT molecular complexity index is 803. The van der Waals surface area contributed by atoms with Crippen LogP contribution in [0, 0.1) is 0 Å². The Balaban J connectivity index is 1.68. The first kappa shape index (κ1) is 17.6. The van der Waals surface area contributed by atoms with Crippen molar-refractivity contribution < 1.29 is 5.11 Å². The predicted octanol–water partition coefficient (Wildman–Crippen LogP) is 6.52. The molecule has 1 N–H and O–H groups in total. The van der Waals surface area contributed by atoms with Crippen molar-refractivity contribution in [1.82, 2.24) is 0 Å². The average Bonchev–Trinajstić information content (AvgIpc) is 3.19. The largest absolute Gasteiger partial charge is 0.507 e. The van der Waals surface area contributed by atoms with E-state index in [-0.39, 0.29) is 5.92 Å². The molecular weight excluding hydrogens is 356 g/mol. The van der Waals surface area contributed by atoms with E-state index in [1.807, 2.05) is 30.0 Å². The van der Waals surface area contributed by atoms with Crippen LogP contribution in [-0.4, -0.2) is 15.4 Å². The van der Waals surface area contributed by atoms with Gasteiger partial charge in [-0.1, -0.05) is 66.7 Å². The van der Waals surface area contributed by atoms with Crippen molar-refractivity contribution in [2.75, 3.05) is 5.75 Å². The molecule has 26 heavy (non-hydrogen) atoms. The number of aromatic hydroxyl groups is 1. The van der Waals surface area contributed by atoms with Gasteiger partial charge in [-0.3, -0.25) is 0 Å². The summed E-state index contributed by atoms with van der Waals surface area (Å²) in [7, 11) is 0. The van der Waals surface area contributed by atoms with Gasteiger partial charge < -0.3 is 5.11 Å². The number of hydrogen-bond donors (Lipinski definition) is 1. The van der Waals surface area contributed by atoms with Gasteiger partial charge in [0.1, 0.15) is 5.75 Å². The van der Waals surface area contributed by atoms with Gasteiger partial charge in [0.2, 0.25) is 0 Å². The van der Waals surface area contributed by atoms with Crippen LogP contribution in [0.5, 0.6) is 5.75 Å². The van der Waals surface area contributed by atoms with E-state index in [0.717, 1.165) is 10.5 Å². The molecule has 3 aromatic carbocycles. The van der Waals surface area contributed by atoms with Crippen molar-refractivity contribution in [1.29, 1.82) is 0 Å². The lowest BCUT2D eigenvalue weighted by Gasteiger charge is -2.20. The molecule has 1 saturated heterocycles. The van der Waals surface area contributed by atoms with Gasteiger partial charge >= 0.3 is 0 Å². The van der Waals surface area contributed by atoms with E-state index in [2.05, 4.69) is 60.7 Å². The Morgan fingerprint density at radius 2 is 1.50 bits per heavy atom. The summed E-state index contributed by atoms with van der Waals surface area (Å²) in [6.07, 6.45) is 2.51. The van der Waals surface area contributed by atoms with E-state index in [9.17, 15) is 5.11 Å². The zero-order chi connectivity index (χ0) is 17.8. The minimum atomic E-state index is 0.128. The summed E-state index contributed by atoms with van der Waals surface area (Å²) in [6, 6.07) is 27.2. The van der Waals surface area contributed by atoms with Gasteiger partial charge in [-0.25, -0.2) is 0 Å². The van der Waals surface area contributed by atoms with Crippen LogP contribution < -0.4 is 0 Å². The first-order valence-electron chi connectivity index (χ1n) is 9.02. The fourth-order valence-corrected chi connectivity index (χ4v) is 6.16. The first-order chi connectivity index (χ1) is 12.8. The molecule has 1 unspecified atom stereocenters. The topological polar surface area (TPSA) is 20.2 Å². The van der Waals surface area contributed by atoms with Crippen molar-refractivity contribution >= 4 is 23.5 Å². The molecule has 0 aliphatic carbocycles. The first-order valence-corrected chi connectivity index (χ1v) is 10.9. The molecule has 0 saturated carbocycles. The van der Waals surface area contributed by atoms with Crippen LogP contribution in [-0.2, 0) is 0 Å². The zero-order valence-corrected chi connectivity index (χ0v) is 16.2. The third kappa shape index (κ3) is 3.94. The molecule has 1 aliphatic heterocycles. The highest BCUT2D eigenvalue weighted by atomic mass is 32.2. The molecule has 1 heterocycles. The van der Waals surface area contributed by atoms with Crippen LogP contribution in [0.15, 0.2) is 83.8 Å². The number of benzene rings is 3. The van der Waals surface area contributed by atoms with E-state index >= 15 is 0 Å². The molecular formula is C23H22OS2. The molecule has 4 rings (SSSR count). The molecule has 0 radical (unpaired) electrons. The highest BCUT2D eigenvalue weighted by Gasteiger charge is 2.21. The fourth-order valence-electron chi connectivity index (χ4n) is 3.46. The van der Waals surface area contributed by atoms with Gasteiger partial charge in [-0.05, 0) is 47.4 Å². The van der Waals surface area contributed by atoms with Gasteiger partial charge in [-0.2, -0.15) is 0 Å². The third-order valence-corrected chi connectivity index (χ3v) is 7.65. The second kappa shape index (κ2) is 8.24. The van der Waals surface area contributed by atoms with Crippen molar-refractivity contribution in [3.63, 3.8) is 0 Å². The monoisotopic (exact) mass is 378 g/mol. The number of rotatable bonds is 5.